The van der Waals surface area contributed by atoms with E-state index in [0.29, 0.717) is 13.0 Å². The molecule has 0 atom stereocenters. The molecule has 2 aromatic heterocycles. The van der Waals surface area contributed by atoms with Crippen LogP contribution in [-0.2, 0) is 24.2 Å². The number of imidazole rings is 1. The van der Waals surface area contributed by atoms with Crippen molar-refractivity contribution in [3.63, 3.8) is 0 Å². The van der Waals surface area contributed by atoms with Crippen LogP contribution in [0.4, 0.5) is 0 Å². The summed E-state index contributed by atoms with van der Waals surface area (Å²) in [5.41, 5.74) is 4.03. The van der Waals surface area contributed by atoms with Crippen LogP contribution in [0.3, 0.4) is 0 Å². The minimum absolute atomic E-state index is 0.137. The number of aromatic nitrogens is 3. The van der Waals surface area contributed by atoms with Crippen molar-refractivity contribution in [1.82, 2.24) is 19.9 Å². The van der Waals surface area contributed by atoms with E-state index >= 15 is 0 Å². The second-order valence-electron chi connectivity index (χ2n) is 5.56. The number of H-pyrrole nitrogens is 1. The lowest BCUT2D eigenvalue weighted by Gasteiger charge is -2.26. The molecule has 1 N–H and O–H groups in total. The van der Waals surface area contributed by atoms with Crippen LogP contribution in [0.15, 0.2) is 42.9 Å². The Bertz CT molecular complexity index is 834. The largest absolute Gasteiger partial charge is 0.347 e. The van der Waals surface area contributed by atoms with Gasteiger partial charge in [-0.2, -0.15) is 0 Å². The van der Waals surface area contributed by atoms with Gasteiger partial charge in [-0.25, -0.2) is 4.98 Å². The van der Waals surface area contributed by atoms with Crippen LogP contribution in [0.5, 0.6) is 0 Å². The Hall–Kier alpha value is -2.69. The van der Waals surface area contributed by atoms with Crippen molar-refractivity contribution in [3.05, 3.63) is 59.8 Å². The number of benzene rings is 1. The number of pyridine rings is 1. The third kappa shape index (κ3) is 2.24. The van der Waals surface area contributed by atoms with Crippen LogP contribution in [0.2, 0.25) is 0 Å². The molecule has 3 heterocycles. The van der Waals surface area contributed by atoms with Crippen molar-refractivity contribution in [2.75, 3.05) is 6.54 Å². The zero-order valence-electron chi connectivity index (χ0n) is 12.1. The molecular formula is C17H16N4O. The summed E-state index contributed by atoms with van der Waals surface area (Å²) in [4.78, 5) is 26.3. The molecule has 0 unspecified atom stereocenters. The van der Waals surface area contributed by atoms with E-state index in [0.717, 1.165) is 40.8 Å². The Kier molecular flexibility index (Phi) is 3.11. The molecule has 0 saturated carbocycles. The van der Waals surface area contributed by atoms with Gasteiger partial charge < -0.3 is 9.88 Å². The summed E-state index contributed by atoms with van der Waals surface area (Å²) >= 11 is 0. The molecule has 0 fully saturated rings. The monoisotopic (exact) mass is 292 g/mol. The number of nitrogens with zero attached hydrogens (tertiary/aromatic N) is 3. The fourth-order valence-electron chi connectivity index (χ4n) is 3.01. The maximum Gasteiger partial charge on any atom is 0.227 e. The second kappa shape index (κ2) is 5.26. The Balaban J connectivity index is 1.57. The molecule has 4 rings (SSSR count). The van der Waals surface area contributed by atoms with E-state index < -0.39 is 0 Å². The Morgan fingerprint density at radius 2 is 2.14 bits per heavy atom. The van der Waals surface area contributed by atoms with E-state index in [9.17, 15) is 4.79 Å². The van der Waals surface area contributed by atoms with Gasteiger partial charge in [0.2, 0.25) is 5.91 Å². The van der Waals surface area contributed by atoms with Crippen LogP contribution in [-0.4, -0.2) is 32.3 Å². The summed E-state index contributed by atoms with van der Waals surface area (Å²) in [5.74, 6) is 0.137. The third-order valence-corrected chi connectivity index (χ3v) is 4.19. The zero-order valence-corrected chi connectivity index (χ0v) is 12.1. The second-order valence-corrected chi connectivity index (χ2v) is 5.56. The van der Waals surface area contributed by atoms with Crippen LogP contribution >= 0.6 is 0 Å². The van der Waals surface area contributed by atoms with Crippen molar-refractivity contribution >= 4 is 16.8 Å². The van der Waals surface area contributed by atoms with Gasteiger partial charge in [-0.1, -0.05) is 24.3 Å². The summed E-state index contributed by atoms with van der Waals surface area (Å²) in [6.07, 6.45) is 4.68. The van der Waals surface area contributed by atoms with Gasteiger partial charge in [0.25, 0.3) is 0 Å². The summed E-state index contributed by atoms with van der Waals surface area (Å²) in [7, 11) is 0. The lowest BCUT2D eigenvalue weighted by molar-refractivity contribution is -0.131. The van der Waals surface area contributed by atoms with Crippen molar-refractivity contribution < 1.29 is 4.79 Å². The van der Waals surface area contributed by atoms with E-state index in [-0.39, 0.29) is 5.91 Å². The van der Waals surface area contributed by atoms with Crippen molar-refractivity contribution in [2.45, 2.75) is 19.4 Å². The summed E-state index contributed by atoms with van der Waals surface area (Å²) < 4.78 is 0. The molecule has 22 heavy (non-hydrogen) atoms. The summed E-state index contributed by atoms with van der Waals surface area (Å²) in [5, 5.41) is 1.07. The van der Waals surface area contributed by atoms with Gasteiger partial charge in [0.15, 0.2) is 0 Å². The molecule has 3 aromatic rings. The van der Waals surface area contributed by atoms with E-state index in [1.165, 1.54) is 0 Å². The minimum Gasteiger partial charge on any atom is -0.347 e. The number of fused-ring (bicyclic) bond motifs is 2. The highest BCUT2D eigenvalue weighted by atomic mass is 16.2. The molecule has 1 aliphatic heterocycles. The van der Waals surface area contributed by atoms with Crippen molar-refractivity contribution in [2.24, 2.45) is 0 Å². The third-order valence-electron chi connectivity index (χ3n) is 4.19. The highest BCUT2D eigenvalue weighted by molar-refractivity contribution is 5.87. The minimum atomic E-state index is 0.137. The Labute approximate surface area is 128 Å². The van der Waals surface area contributed by atoms with Gasteiger partial charge in [0.05, 0.1) is 36.2 Å². The fourth-order valence-corrected chi connectivity index (χ4v) is 3.01. The predicted octanol–water partition coefficient (Wildman–Crippen LogP) is 2.09. The van der Waals surface area contributed by atoms with Crippen molar-refractivity contribution in [1.29, 1.82) is 0 Å². The number of aromatic amines is 1. The van der Waals surface area contributed by atoms with Gasteiger partial charge >= 0.3 is 0 Å². The number of carbonyl (C=O) groups is 1. The highest BCUT2D eigenvalue weighted by Gasteiger charge is 2.22. The molecule has 1 aliphatic rings. The number of carbonyl (C=O) groups excluding carboxylic acids is 1. The average molecular weight is 292 g/mol. The van der Waals surface area contributed by atoms with E-state index in [4.69, 9.17) is 0 Å². The molecule has 110 valence electrons. The molecule has 1 aromatic carbocycles. The molecule has 1 amide bonds. The number of rotatable bonds is 2. The normalized spacial score (nSPS) is 14.1. The maximum absolute atomic E-state index is 12.6. The fraction of sp³-hybridized carbons (Fsp3) is 0.235. The SMILES string of the molecule is O=C(Cc1cccc2cccnc12)N1CCc2nc[nH]c2C1. The summed E-state index contributed by atoms with van der Waals surface area (Å²) in [6.45, 7) is 1.35. The van der Waals surface area contributed by atoms with Crippen molar-refractivity contribution in [3.8, 4) is 0 Å². The van der Waals surface area contributed by atoms with E-state index in [1.54, 1.807) is 12.5 Å². The molecular weight excluding hydrogens is 276 g/mol. The molecule has 0 aliphatic carbocycles. The first-order valence-electron chi connectivity index (χ1n) is 7.43. The van der Waals surface area contributed by atoms with Gasteiger partial charge in [-0.3, -0.25) is 9.78 Å². The highest BCUT2D eigenvalue weighted by Crippen LogP contribution is 2.19. The topological polar surface area (TPSA) is 61.9 Å². The van der Waals surface area contributed by atoms with Gasteiger partial charge in [0, 0.05) is 24.5 Å². The van der Waals surface area contributed by atoms with Gasteiger partial charge in [-0.15, -0.1) is 0 Å². The lowest BCUT2D eigenvalue weighted by Crippen LogP contribution is -2.37. The number of nitrogens with one attached hydrogen (secondary N) is 1. The van der Waals surface area contributed by atoms with Crippen LogP contribution in [0.25, 0.3) is 10.9 Å². The predicted molar refractivity (Wildman–Crippen MR) is 83.2 cm³/mol. The number of amides is 1. The van der Waals surface area contributed by atoms with Crippen LogP contribution in [0.1, 0.15) is 17.0 Å². The van der Waals surface area contributed by atoms with E-state index in [2.05, 4.69) is 15.0 Å². The first-order chi connectivity index (χ1) is 10.8. The lowest BCUT2D eigenvalue weighted by atomic mass is 10.1. The molecule has 0 spiro atoms. The first kappa shape index (κ1) is 13.0. The molecule has 5 nitrogen and oxygen atoms in total. The standard InChI is InChI=1S/C17H16N4O/c22-16(21-8-6-14-15(10-21)20-11-19-14)9-13-4-1-3-12-5-2-7-18-17(12)13/h1-5,7,11H,6,8-10H2,(H,19,20). The molecule has 0 radical (unpaired) electrons. The van der Waals surface area contributed by atoms with E-state index in [1.807, 2.05) is 35.2 Å². The summed E-state index contributed by atoms with van der Waals surface area (Å²) in [6, 6.07) is 9.93. The smallest absolute Gasteiger partial charge is 0.227 e. The number of hydrogen-bond acceptors (Lipinski definition) is 3. The number of hydrogen-bond donors (Lipinski definition) is 1. The maximum atomic E-state index is 12.6. The molecule has 5 heteroatoms. The zero-order chi connectivity index (χ0) is 14.9. The number of para-hydroxylation sites is 1. The first-order valence-corrected chi connectivity index (χ1v) is 7.43. The van der Waals surface area contributed by atoms with Gasteiger partial charge in [0.1, 0.15) is 0 Å². The average Bonchev–Trinajstić information content (AvgIpc) is 3.02. The molecule has 0 bridgehead atoms. The van der Waals surface area contributed by atoms with Gasteiger partial charge in [-0.05, 0) is 11.6 Å². The van der Waals surface area contributed by atoms with Crippen LogP contribution < -0.4 is 0 Å². The van der Waals surface area contributed by atoms with Crippen LogP contribution in [0, 0.1) is 0 Å². The molecule has 0 saturated heterocycles. The Morgan fingerprint density at radius 1 is 1.23 bits per heavy atom. The Morgan fingerprint density at radius 3 is 3.09 bits per heavy atom. The quantitative estimate of drug-likeness (QED) is 0.786.